The highest BCUT2D eigenvalue weighted by Gasteiger charge is 1.99. The Bertz CT molecular complexity index is 59.8. The fourth-order valence-electron chi connectivity index (χ4n) is 0. The first-order valence-corrected chi connectivity index (χ1v) is 1.63. The summed E-state index contributed by atoms with van der Waals surface area (Å²) in [6, 6.07) is -0.731. The molecule has 36 valence electrons. The highest BCUT2D eigenvalue weighted by Crippen LogP contribution is 1.68. The summed E-state index contributed by atoms with van der Waals surface area (Å²) in [5.41, 5.74) is 4.84. The predicted molar refractivity (Wildman–Crippen MR) is 21.3 cm³/mol. The van der Waals surface area contributed by atoms with Gasteiger partial charge in [0, 0.05) is 0 Å². The van der Waals surface area contributed by atoms with E-state index >= 15 is 0 Å². The van der Waals surface area contributed by atoms with Gasteiger partial charge in [0.2, 0.25) is 0 Å². The third-order valence-electron chi connectivity index (χ3n) is 0.390. The van der Waals surface area contributed by atoms with Crippen LogP contribution in [0, 0.1) is 0 Å². The van der Waals surface area contributed by atoms with Crippen molar-refractivity contribution in [2.75, 3.05) is 0 Å². The molecule has 0 aromatic carbocycles. The molecule has 0 radical (unpaired) electrons. The molecular formula is C3H7NO2. The lowest BCUT2D eigenvalue weighted by Gasteiger charge is -1.90. The third kappa shape index (κ3) is 1.72. The van der Waals surface area contributed by atoms with Crippen molar-refractivity contribution in [3.8, 4) is 0 Å². The molecule has 1 atom stereocenters. The lowest BCUT2D eigenvalue weighted by atomic mass is 11.1. The Balaban J connectivity index is 3.26. The van der Waals surface area contributed by atoms with Crippen molar-refractivity contribution in [2.24, 2.45) is 5.73 Å². The molecule has 0 rings (SSSR count). The normalized spacial score (nSPS) is 13.7. The van der Waals surface area contributed by atoms with Crippen LogP contribution in [0.25, 0.3) is 0 Å². The third-order valence-corrected chi connectivity index (χ3v) is 0.390. The molecule has 0 aliphatic carbocycles. The zero-order valence-electron chi connectivity index (χ0n) is 3.51. The molecule has 0 fully saturated rings. The summed E-state index contributed by atoms with van der Waals surface area (Å²) in [5.74, 6) is -0.963. The van der Waals surface area contributed by atoms with Gasteiger partial charge in [-0.15, -0.1) is 0 Å². The van der Waals surface area contributed by atoms with Crippen LogP contribution in [0.4, 0.5) is 0 Å². The maximum absolute atomic E-state index is 9.57. The van der Waals surface area contributed by atoms with E-state index in [9.17, 15) is 4.79 Å². The van der Waals surface area contributed by atoms with Gasteiger partial charge in [-0.25, -0.2) is 0 Å². The molecule has 3 N–H and O–H groups in total. The molecule has 0 aliphatic rings. The molecule has 0 amide bonds. The van der Waals surface area contributed by atoms with E-state index in [-0.39, 0.29) is 0 Å². The van der Waals surface area contributed by atoms with Gasteiger partial charge in [0.05, 0.1) is 0 Å². The van der Waals surface area contributed by atoms with Crippen LogP contribution in [0.1, 0.15) is 6.92 Å². The molecule has 0 spiro atoms. The second kappa shape index (κ2) is 1.77. The summed E-state index contributed by atoms with van der Waals surface area (Å²) in [6.45, 7) is 1.42. The number of carboxylic acids is 1. The lowest BCUT2D eigenvalue weighted by molar-refractivity contribution is -0.138. The number of hydrogen-bond acceptors (Lipinski definition) is 2. The van der Waals surface area contributed by atoms with Gasteiger partial charge < -0.3 is 10.8 Å². The molecule has 3 heteroatoms. The summed E-state index contributed by atoms with van der Waals surface area (Å²) >= 11 is 0. The van der Waals surface area contributed by atoms with Gasteiger partial charge in [0.1, 0.15) is 6.04 Å². The lowest BCUT2D eigenvalue weighted by Crippen LogP contribution is -2.25. The van der Waals surface area contributed by atoms with Gasteiger partial charge in [-0.1, -0.05) is 0 Å². The van der Waals surface area contributed by atoms with Crippen LogP contribution in [0.15, 0.2) is 0 Å². The molecule has 0 aliphatic heterocycles. The Morgan fingerprint density at radius 2 is 2.17 bits per heavy atom. The van der Waals surface area contributed by atoms with E-state index in [4.69, 9.17) is 10.8 Å². The van der Waals surface area contributed by atoms with Gasteiger partial charge in [-0.3, -0.25) is 4.79 Å². The van der Waals surface area contributed by atoms with Crippen LogP contribution in [0.2, 0.25) is 0 Å². The smallest absolute Gasteiger partial charge is 0.320 e. The van der Waals surface area contributed by atoms with E-state index in [1.165, 1.54) is 6.92 Å². The predicted octanol–water partition coefficient (Wildman–Crippen LogP) is -0.582. The SMILES string of the molecule is C[14CH](N)C(=O)O. The topological polar surface area (TPSA) is 63.3 Å². The highest BCUT2D eigenvalue weighted by atomic mass is 16.4. The fraction of sp³-hybridized carbons (Fsp3) is 0.667. The summed E-state index contributed by atoms with van der Waals surface area (Å²) in [4.78, 5) is 9.57. The van der Waals surface area contributed by atoms with Gasteiger partial charge in [0.15, 0.2) is 0 Å². The van der Waals surface area contributed by atoms with Gasteiger partial charge in [-0.05, 0) is 6.92 Å². The monoisotopic (exact) mass is 91.1 g/mol. The molecule has 0 saturated carbocycles. The van der Waals surface area contributed by atoms with Gasteiger partial charge >= 0.3 is 5.97 Å². The van der Waals surface area contributed by atoms with Crippen molar-refractivity contribution in [3.05, 3.63) is 0 Å². The molecule has 0 saturated heterocycles. The molecular weight excluding hydrogens is 84.0 g/mol. The minimum absolute atomic E-state index is 0.731. The molecule has 6 heavy (non-hydrogen) atoms. The number of hydrogen-bond donors (Lipinski definition) is 2. The minimum atomic E-state index is -0.963. The van der Waals surface area contributed by atoms with Crippen molar-refractivity contribution in [3.63, 3.8) is 0 Å². The number of carbonyl (C=O) groups is 1. The molecule has 0 aromatic heterocycles. The van der Waals surface area contributed by atoms with Crippen LogP contribution < -0.4 is 5.73 Å². The van der Waals surface area contributed by atoms with E-state index in [1.54, 1.807) is 0 Å². The summed E-state index contributed by atoms with van der Waals surface area (Å²) < 4.78 is 0. The first-order chi connectivity index (χ1) is 2.64. The quantitative estimate of drug-likeness (QED) is 0.453. The Morgan fingerprint density at radius 3 is 2.17 bits per heavy atom. The zero-order chi connectivity index (χ0) is 5.15. The van der Waals surface area contributed by atoms with Crippen LogP contribution in [0.5, 0.6) is 0 Å². The van der Waals surface area contributed by atoms with Gasteiger partial charge in [0.25, 0.3) is 0 Å². The van der Waals surface area contributed by atoms with Crippen molar-refractivity contribution < 1.29 is 9.90 Å². The average molecular weight is 91.1 g/mol. The van der Waals surface area contributed by atoms with E-state index in [0.29, 0.717) is 0 Å². The highest BCUT2D eigenvalue weighted by molar-refractivity contribution is 5.72. The largest absolute Gasteiger partial charge is 0.480 e. The molecule has 1 unspecified atom stereocenters. The zero-order valence-corrected chi connectivity index (χ0v) is 3.51. The first kappa shape index (κ1) is 5.43. The molecule has 0 bridgehead atoms. The maximum Gasteiger partial charge on any atom is 0.320 e. The van der Waals surface area contributed by atoms with Crippen LogP contribution in [0.3, 0.4) is 0 Å². The van der Waals surface area contributed by atoms with E-state index in [2.05, 4.69) is 0 Å². The van der Waals surface area contributed by atoms with Crippen molar-refractivity contribution in [2.45, 2.75) is 13.0 Å². The van der Waals surface area contributed by atoms with Crippen LogP contribution in [-0.2, 0) is 4.79 Å². The number of carboxylic acid groups (broad SMARTS) is 1. The van der Waals surface area contributed by atoms with E-state index in [1.807, 2.05) is 0 Å². The number of nitrogens with two attached hydrogens (primary N) is 1. The standard InChI is InChI=1S/C3H7NO2/c1-2(4)3(5)6/h2H,4H2,1H3,(H,5,6)/i2+2. The second-order valence-electron chi connectivity index (χ2n) is 1.13. The average Bonchev–Trinajstić information content (AvgIpc) is 1.36. The fourth-order valence-corrected chi connectivity index (χ4v) is 0. The Labute approximate surface area is 35.8 Å². The first-order valence-electron chi connectivity index (χ1n) is 1.63. The Hall–Kier alpha value is -0.570. The van der Waals surface area contributed by atoms with Crippen molar-refractivity contribution in [1.82, 2.24) is 0 Å². The van der Waals surface area contributed by atoms with Crippen LogP contribution in [-0.4, -0.2) is 17.1 Å². The van der Waals surface area contributed by atoms with Crippen molar-refractivity contribution >= 4 is 5.97 Å². The number of aliphatic carboxylic acids is 1. The second-order valence-corrected chi connectivity index (χ2v) is 1.13. The maximum atomic E-state index is 9.57. The van der Waals surface area contributed by atoms with Gasteiger partial charge in [-0.2, -0.15) is 0 Å². The van der Waals surface area contributed by atoms with Crippen LogP contribution >= 0.6 is 0 Å². The van der Waals surface area contributed by atoms with E-state index in [0.717, 1.165) is 0 Å². The van der Waals surface area contributed by atoms with E-state index < -0.39 is 12.0 Å². The summed E-state index contributed by atoms with van der Waals surface area (Å²) in [5, 5.41) is 7.87. The van der Waals surface area contributed by atoms with Crippen molar-refractivity contribution in [1.29, 1.82) is 0 Å². The molecule has 0 aromatic rings. The Kier molecular flexibility index (Phi) is 1.60. The summed E-state index contributed by atoms with van der Waals surface area (Å²) in [7, 11) is 0. The Morgan fingerprint density at radius 1 is 2.00 bits per heavy atom. The molecule has 3 nitrogen and oxygen atoms in total. The minimum Gasteiger partial charge on any atom is -0.480 e. The summed E-state index contributed by atoms with van der Waals surface area (Å²) in [6.07, 6.45) is 0. The number of rotatable bonds is 1. The molecule has 0 heterocycles.